The van der Waals surface area contributed by atoms with Crippen LogP contribution in [0, 0.1) is 5.92 Å². The van der Waals surface area contributed by atoms with Gasteiger partial charge < -0.3 is 24.6 Å². The maximum atomic E-state index is 13.1. The van der Waals surface area contributed by atoms with Gasteiger partial charge >= 0.3 is 0 Å². The van der Waals surface area contributed by atoms with Crippen molar-refractivity contribution in [2.75, 3.05) is 41.4 Å². The van der Waals surface area contributed by atoms with Crippen LogP contribution in [0.2, 0.25) is 5.02 Å². The van der Waals surface area contributed by atoms with Crippen LogP contribution in [-0.2, 0) is 9.53 Å². The highest BCUT2D eigenvalue weighted by molar-refractivity contribution is 6.34. The minimum atomic E-state index is -0.313. The number of hydrogen-bond donors (Lipinski definition) is 1. The van der Waals surface area contributed by atoms with Gasteiger partial charge in [0.25, 0.3) is 5.91 Å². The van der Waals surface area contributed by atoms with Crippen molar-refractivity contribution in [2.24, 2.45) is 5.92 Å². The van der Waals surface area contributed by atoms with Crippen LogP contribution in [0.1, 0.15) is 29.6 Å². The number of ether oxygens (including phenoxy) is 1. The summed E-state index contributed by atoms with van der Waals surface area (Å²) in [5, 5.41) is 7.66. The van der Waals surface area contributed by atoms with Gasteiger partial charge in [-0.05, 0) is 43.5 Å². The number of anilines is 3. The molecule has 0 saturated carbocycles. The highest BCUT2D eigenvalue weighted by Crippen LogP contribution is 2.33. The monoisotopic (exact) mass is 480 g/mol. The van der Waals surface area contributed by atoms with Crippen LogP contribution in [0.5, 0.6) is 0 Å². The number of benzene rings is 1. The van der Waals surface area contributed by atoms with E-state index in [1.165, 1.54) is 6.20 Å². The molecule has 2 aromatic heterocycles. The summed E-state index contributed by atoms with van der Waals surface area (Å²) in [5.74, 6) is 0.658. The first-order valence-corrected chi connectivity index (χ1v) is 12.0. The summed E-state index contributed by atoms with van der Waals surface area (Å²) in [6.45, 7) is 3.16. The minimum Gasteiger partial charge on any atom is -0.374 e. The average molecular weight is 481 g/mol. The van der Waals surface area contributed by atoms with Gasteiger partial charge in [0, 0.05) is 37.4 Å². The molecule has 0 unspecified atom stereocenters. The number of nitrogens with zero attached hydrogens (tertiary/aromatic N) is 5. The zero-order valence-electron chi connectivity index (χ0n) is 18.6. The number of piperidine rings is 1. The van der Waals surface area contributed by atoms with Crippen molar-refractivity contribution in [1.82, 2.24) is 14.6 Å². The first-order valence-electron chi connectivity index (χ1n) is 11.6. The third kappa shape index (κ3) is 3.78. The first kappa shape index (κ1) is 21.4. The quantitative estimate of drug-likeness (QED) is 0.561. The highest BCUT2D eigenvalue weighted by Gasteiger charge is 2.39. The Morgan fingerprint density at radius 2 is 2.09 bits per heavy atom. The van der Waals surface area contributed by atoms with Crippen LogP contribution < -0.4 is 15.1 Å². The van der Waals surface area contributed by atoms with E-state index in [2.05, 4.69) is 20.2 Å². The Hall–Kier alpha value is -3.17. The lowest BCUT2D eigenvalue weighted by atomic mass is 9.98. The number of aromatic nitrogens is 3. The molecule has 0 spiro atoms. The minimum absolute atomic E-state index is 0.138. The maximum absolute atomic E-state index is 13.1. The lowest BCUT2D eigenvalue weighted by molar-refractivity contribution is -0.111. The number of aldehydes is 1. The summed E-state index contributed by atoms with van der Waals surface area (Å²) in [6, 6.07) is 7.87. The molecule has 1 aromatic carbocycles. The first-order chi connectivity index (χ1) is 16.6. The van der Waals surface area contributed by atoms with Gasteiger partial charge in [0.2, 0.25) is 0 Å². The Balaban J connectivity index is 1.20. The van der Waals surface area contributed by atoms with Gasteiger partial charge in [0.15, 0.2) is 5.65 Å². The van der Waals surface area contributed by atoms with E-state index in [1.54, 1.807) is 4.52 Å². The summed E-state index contributed by atoms with van der Waals surface area (Å²) >= 11 is 6.52. The van der Waals surface area contributed by atoms with Gasteiger partial charge in [-0.25, -0.2) is 9.50 Å². The molecule has 176 valence electrons. The SMILES string of the molecule is O=CC1CCN(c2ccc(NC(=O)c3cnn4ccc(N5C[C@H]6C[C@@H]5CO6)nc34)c(Cl)c2)CC1. The summed E-state index contributed by atoms with van der Waals surface area (Å²) in [4.78, 5) is 33.3. The summed E-state index contributed by atoms with van der Waals surface area (Å²) < 4.78 is 7.30. The molecule has 1 N–H and O–H groups in total. The number of fused-ring (bicyclic) bond motifs is 3. The van der Waals surface area contributed by atoms with Gasteiger partial charge in [-0.3, -0.25) is 4.79 Å². The van der Waals surface area contributed by atoms with Crippen molar-refractivity contribution in [2.45, 2.75) is 31.4 Å². The van der Waals surface area contributed by atoms with E-state index in [0.29, 0.717) is 34.6 Å². The van der Waals surface area contributed by atoms with Crippen LogP contribution in [-0.4, -0.2) is 65.2 Å². The summed E-state index contributed by atoms with van der Waals surface area (Å²) in [7, 11) is 0. The van der Waals surface area contributed by atoms with Gasteiger partial charge in [0.1, 0.15) is 17.7 Å². The Morgan fingerprint density at radius 3 is 2.79 bits per heavy atom. The fourth-order valence-electron chi connectivity index (χ4n) is 5.15. The van der Waals surface area contributed by atoms with E-state index >= 15 is 0 Å². The lowest BCUT2D eigenvalue weighted by Crippen LogP contribution is -2.37. The molecule has 6 rings (SSSR count). The van der Waals surface area contributed by atoms with Crippen LogP contribution >= 0.6 is 11.6 Å². The van der Waals surface area contributed by atoms with E-state index in [0.717, 1.165) is 56.7 Å². The van der Waals surface area contributed by atoms with Gasteiger partial charge in [-0.15, -0.1) is 0 Å². The Bertz CT molecular complexity index is 1250. The Kier molecular flexibility index (Phi) is 5.38. The zero-order valence-corrected chi connectivity index (χ0v) is 19.3. The summed E-state index contributed by atoms with van der Waals surface area (Å²) in [6.07, 6.45) is 7.37. The molecule has 2 bridgehead atoms. The largest absolute Gasteiger partial charge is 0.374 e. The number of halogens is 1. The third-order valence-corrected chi connectivity index (χ3v) is 7.40. The molecule has 3 aliphatic heterocycles. The van der Waals surface area contributed by atoms with Crippen LogP contribution in [0.25, 0.3) is 5.65 Å². The molecule has 34 heavy (non-hydrogen) atoms. The number of morpholine rings is 1. The van der Waals surface area contributed by atoms with Gasteiger partial charge in [-0.2, -0.15) is 5.10 Å². The molecule has 3 aromatic rings. The number of amides is 1. The number of carbonyl (C=O) groups excluding carboxylic acids is 2. The van der Waals surface area contributed by atoms with E-state index in [1.807, 2.05) is 30.5 Å². The zero-order chi connectivity index (χ0) is 23.2. The molecule has 5 heterocycles. The molecular formula is C24H25ClN6O3. The molecule has 3 fully saturated rings. The van der Waals surface area contributed by atoms with Crippen molar-refractivity contribution in [3.63, 3.8) is 0 Å². The van der Waals surface area contributed by atoms with Crippen molar-refractivity contribution >= 4 is 46.6 Å². The second-order valence-electron chi connectivity index (χ2n) is 9.19. The number of nitrogens with one attached hydrogen (secondary N) is 1. The molecule has 10 heteroatoms. The molecule has 3 aliphatic rings. The third-order valence-electron chi connectivity index (χ3n) is 7.09. The average Bonchev–Trinajstić information content (AvgIpc) is 3.61. The number of hydrogen-bond acceptors (Lipinski definition) is 7. The number of rotatable bonds is 5. The van der Waals surface area contributed by atoms with Crippen LogP contribution in [0.15, 0.2) is 36.7 Å². The summed E-state index contributed by atoms with van der Waals surface area (Å²) in [5.41, 5.74) is 2.41. The topological polar surface area (TPSA) is 92.1 Å². The molecule has 2 atom stereocenters. The lowest BCUT2D eigenvalue weighted by Gasteiger charge is -2.31. The Morgan fingerprint density at radius 1 is 1.24 bits per heavy atom. The molecule has 3 saturated heterocycles. The van der Waals surface area contributed by atoms with Crippen molar-refractivity contribution in [3.8, 4) is 0 Å². The van der Waals surface area contributed by atoms with E-state index in [-0.39, 0.29) is 17.9 Å². The van der Waals surface area contributed by atoms with Crippen molar-refractivity contribution in [3.05, 3.63) is 47.2 Å². The van der Waals surface area contributed by atoms with Crippen LogP contribution in [0.4, 0.5) is 17.2 Å². The second kappa shape index (κ2) is 8.56. The van der Waals surface area contributed by atoms with Gasteiger partial charge in [0.05, 0.1) is 35.7 Å². The van der Waals surface area contributed by atoms with E-state index < -0.39 is 0 Å². The fraction of sp³-hybridized carbons (Fsp3) is 0.417. The number of carbonyl (C=O) groups is 2. The smallest absolute Gasteiger partial charge is 0.261 e. The van der Waals surface area contributed by atoms with Crippen LogP contribution in [0.3, 0.4) is 0 Å². The van der Waals surface area contributed by atoms with Crippen molar-refractivity contribution in [1.29, 1.82) is 0 Å². The fourth-order valence-corrected chi connectivity index (χ4v) is 5.37. The molecule has 1 amide bonds. The highest BCUT2D eigenvalue weighted by atomic mass is 35.5. The predicted molar refractivity (Wildman–Crippen MR) is 129 cm³/mol. The molecule has 0 aliphatic carbocycles. The normalized spacial score (nSPS) is 22.5. The van der Waals surface area contributed by atoms with Crippen molar-refractivity contribution < 1.29 is 14.3 Å². The standard InChI is InChI=1S/C24H25ClN6O3/c25-20-10-16(29-6-3-15(13-32)4-7-29)1-2-21(20)27-24(33)19-11-26-31-8-5-22(28-23(19)31)30-12-18-9-17(30)14-34-18/h1-2,5,8,10-11,13,15,17-18H,3-4,6-7,9,12,14H2,(H,27,33)/t17-,18-/m1/s1. The van der Waals surface area contributed by atoms with E-state index in [4.69, 9.17) is 21.3 Å². The molecular weight excluding hydrogens is 456 g/mol. The molecule has 0 radical (unpaired) electrons. The predicted octanol–water partition coefficient (Wildman–Crippen LogP) is 3.03. The Labute approximate surface area is 201 Å². The second-order valence-corrected chi connectivity index (χ2v) is 9.60. The molecule has 9 nitrogen and oxygen atoms in total. The van der Waals surface area contributed by atoms with E-state index in [9.17, 15) is 9.59 Å². The van der Waals surface area contributed by atoms with Gasteiger partial charge in [-0.1, -0.05) is 11.6 Å². The maximum Gasteiger partial charge on any atom is 0.261 e.